The Labute approximate surface area is 93.3 Å². The predicted molar refractivity (Wildman–Crippen MR) is 53.7 cm³/mol. The average Bonchev–Trinajstić information content (AvgIpc) is 2.15. The summed E-state index contributed by atoms with van der Waals surface area (Å²) < 4.78 is 42.5. The fraction of sp³-hybridized carbons (Fsp3) is 0.333. The van der Waals surface area contributed by atoms with Crippen molar-refractivity contribution >= 4 is 15.9 Å². The zero-order chi connectivity index (χ0) is 11.6. The van der Waals surface area contributed by atoms with Crippen molar-refractivity contribution in [2.24, 2.45) is 5.73 Å². The minimum absolute atomic E-state index is 0.0757. The van der Waals surface area contributed by atoms with Crippen molar-refractivity contribution in [3.8, 4) is 5.75 Å². The Morgan fingerprint density at radius 3 is 2.47 bits per heavy atom. The van der Waals surface area contributed by atoms with Gasteiger partial charge in [-0.3, -0.25) is 0 Å². The molecule has 6 heteroatoms. The summed E-state index contributed by atoms with van der Waals surface area (Å²) in [6, 6.07) is 2.20. The van der Waals surface area contributed by atoms with E-state index in [1.54, 1.807) is 0 Å². The summed E-state index contributed by atoms with van der Waals surface area (Å²) in [6.45, 7) is 0. The van der Waals surface area contributed by atoms with Crippen molar-refractivity contribution in [2.75, 3.05) is 7.11 Å². The molecule has 0 aliphatic rings. The van der Waals surface area contributed by atoms with Gasteiger partial charge in [-0.15, -0.1) is 0 Å². The minimum Gasteiger partial charge on any atom is -0.496 e. The van der Waals surface area contributed by atoms with E-state index in [0.717, 1.165) is 0 Å². The number of rotatable bonds is 2. The smallest absolute Gasteiger partial charge is 0.407 e. The van der Waals surface area contributed by atoms with Gasteiger partial charge in [0, 0.05) is 10.0 Å². The van der Waals surface area contributed by atoms with Crippen LogP contribution in [-0.2, 0) is 0 Å². The molecule has 0 fully saturated rings. The first kappa shape index (κ1) is 12.3. The summed E-state index contributed by atoms with van der Waals surface area (Å²) in [5.74, 6) is 0.120. The van der Waals surface area contributed by atoms with Gasteiger partial charge in [-0.1, -0.05) is 22.0 Å². The predicted octanol–water partition coefficient (Wildman–Crippen LogP) is 3.02. The summed E-state index contributed by atoms with van der Waals surface area (Å²) in [5, 5.41) is 0. The molecule has 0 spiro atoms. The Morgan fingerprint density at radius 1 is 1.40 bits per heavy atom. The highest BCUT2D eigenvalue weighted by Crippen LogP contribution is 2.36. The molecule has 15 heavy (non-hydrogen) atoms. The van der Waals surface area contributed by atoms with Crippen LogP contribution in [0.4, 0.5) is 13.2 Å². The SMILES string of the molecule is COc1cc(Br)ccc1[C@H](N)C(F)(F)F. The molecule has 84 valence electrons. The molecule has 0 heterocycles. The maximum absolute atomic E-state index is 12.4. The molecular weight excluding hydrogens is 275 g/mol. The molecule has 1 rings (SSSR count). The highest BCUT2D eigenvalue weighted by molar-refractivity contribution is 9.10. The molecule has 0 saturated carbocycles. The first-order chi connectivity index (χ1) is 6.86. The van der Waals surface area contributed by atoms with Gasteiger partial charge in [-0.2, -0.15) is 13.2 Å². The normalized spacial score (nSPS) is 13.7. The lowest BCUT2D eigenvalue weighted by molar-refractivity contribution is -0.149. The second-order valence-corrected chi connectivity index (χ2v) is 3.82. The van der Waals surface area contributed by atoms with Crippen molar-refractivity contribution in [1.82, 2.24) is 0 Å². The van der Waals surface area contributed by atoms with Gasteiger partial charge in [0.25, 0.3) is 0 Å². The highest BCUT2D eigenvalue weighted by Gasteiger charge is 2.39. The molecule has 0 aliphatic carbocycles. The monoisotopic (exact) mass is 283 g/mol. The highest BCUT2D eigenvalue weighted by atomic mass is 79.9. The molecule has 1 aromatic rings. The number of hydrogen-bond donors (Lipinski definition) is 1. The number of benzene rings is 1. The summed E-state index contributed by atoms with van der Waals surface area (Å²) in [7, 11) is 1.30. The fourth-order valence-corrected chi connectivity index (χ4v) is 1.46. The number of ether oxygens (including phenoxy) is 1. The third-order valence-corrected chi connectivity index (χ3v) is 2.38. The third-order valence-electron chi connectivity index (χ3n) is 1.88. The molecule has 0 amide bonds. The summed E-state index contributed by atoms with van der Waals surface area (Å²) in [5.41, 5.74) is 5.00. The second-order valence-electron chi connectivity index (χ2n) is 2.91. The van der Waals surface area contributed by atoms with Gasteiger partial charge in [0.1, 0.15) is 11.8 Å². The van der Waals surface area contributed by atoms with Crippen molar-refractivity contribution in [3.05, 3.63) is 28.2 Å². The summed E-state index contributed by atoms with van der Waals surface area (Å²) >= 11 is 3.13. The summed E-state index contributed by atoms with van der Waals surface area (Å²) in [4.78, 5) is 0. The fourth-order valence-electron chi connectivity index (χ4n) is 1.12. The van der Waals surface area contributed by atoms with E-state index in [-0.39, 0.29) is 11.3 Å². The van der Waals surface area contributed by atoms with Crippen LogP contribution < -0.4 is 10.5 Å². The molecule has 1 aromatic carbocycles. The van der Waals surface area contributed by atoms with Crippen molar-refractivity contribution in [1.29, 1.82) is 0 Å². The van der Waals surface area contributed by atoms with Gasteiger partial charge in [-0.05, 0) is 12.1 Å². The van der Waals surface area contributed by atoms with Crippen molar-refractivity contribution < 1.29 is 17.9 Å². The maximum Gasteiger partial charge on any atom is 0.407 e. The second kappa shape index (κ2) is 4.40. The van der Waals surface area contributed by atoms with Crippen LogP contribution in [0.25, 0.3) is 0 Å². The Morgan fingerprint density at radius 2 is 2.00 bits per heavy atom. The molecule has 0 unspecified atom stereocenters. The number of alkyl halides is 3. The zero-order valence-corrected chi connectivity index (χ0v) is 9.39. The Hall–Kier alpha value is -0.750. The van der Waals surface area contributed by atoms with Crippen molar-refractivity contribution in [2.45, 2.75) is 12.2 Å². The minimum atomic E-state index is -4.47. The lowest BCUT2D eigenvalue weighted by Gasteiger charge is -2.18. The topological polar surface area (TPSA) is 35.2 Å². The van der Waals surface area contributed by atoms with Crippen LogP contribution in [0.3, 0.4) is 0 Å². The van der Waals surface area contributed by atoms with E-state index in [4.69, 9.17) is 10.5 Å². The molecule has 0 bridgehead atoms. The lowest BCUT2D eigenvalue weighted by atomic mass is 10.1. The van der Waals surface area contributed by atoms with E-state index in [2.05, 4.69) is 15.9 Å². The van der Waals surface area contributed by atoms with Gasteiger partial charge in [0.05, 0.1) is 7.11 Å². The van der Waals surface area contributed by atoms with E-state index in [1.165, 1.54) is 25.3 Å². The van der Waals surface area contributed by atoms with Crippen LogP contribution in [0.2, 0.25) is 0 Å². The first-order valence-electron chi connectivity index (χ1n) is 4.02. The van der Waals surface area contributed by atoms with Gasteiger partial charge >= 0.3 is 6.18 Å². The Kier molecular flexibility index (Phi) is 3.62. The largest absolute Gasteiger partial charge is 0.496 e. The molecule has 0 radical (unpaired) electrons. The molecule has 0 aromatic heterocycles. The van der Waals surface area contributed by atoms with E-state index >= 15 is 0 Å². The van der Waals surface area contributed by atoms with Gasteiger partial charge in [0.15, 0.2) is 0 Å². The first-order valence-corrected chi connectivity index (χ1v) is 4.81. The van der Waals surface area contributed by atoms with Crippen LogP contribution in [-0.4, -0.2) is 13.3 Å². The lowest BCUT2D eigenvalue weighted by Crippen LogP contribution is -2.28. The molecule has 2 nitrogen and oxygen atoms in total. The van der Waals surface area contributed by atoms with Gasteiger partial charge in [0.2, 0.25) is 0 Å². The van der Waals surface area contributed by atoms with Gasteiger partial charge < -0.3 is 10.5 Å². The number of methoxy groups -OCH3 is 1. The van der Waals surface area contributed by atoms with Crippen molar-refractivity contribution in [3.63, 3.8) is 0 Å². The maximum atomic E-state index is 12.4. The van der Waals surface area contributed by atoms with Crippen LogP contribution >= 0.6 is 15.9 Å². The average molecular weight is 284 g/mol. The van der Waals surface area contributed by atoms with E-state index < -0.39 is 12.2 Å². The van der Waals surface area contributed by atoms with Crippen LogP contribution in [0, 0.1) is 0 Å². The molecule has 0 aliphatic heterocycles. The van der Waals surface area contributed by atoms with Gasteiger partial charge in [-0.25, -0.2) is 0 Å². The number of hydrogen-bond acceptors (Lipinski definition) is 2. The van der Waals surface area contributed by atoms with Crippen LogP contribution in [0.15, 0.2) is 22.7 Å². The molecule has 2 N–H and O–H groups in total. The standard InChI is InChI=1S/C9H9BrF3NO/c1-15-7-4-5(10)2-3-6(7)8(14)9(11,12)13/h2-4,8H,14H2,1H3/t8-/m0/s1. The molecule has 0 saturated heterocycles. The van der Waals surface area contributed by atoms with Crippen LogP contribution in [0.5, 0.6) is 5.75 Å². The number of halogens is 4. The zero-order valence-electron chi connectivity index (χ0n) is 7.81. The van der Waals surface area contributed by atoms with Crippen LogP contribution in [0.1, 0.15) is 11.6 Å². The Bertz CT molecular complexity index is 354. The quantitative estimate of drug-likeness (QED) is 0.906. The van der Waals surface area contributed by atoms with E-state index in [0.29, 0.717) is 4.47 Å². The number of nitrogens with two attached hydrogens (primary N) is 1. The molecule has 1 atom stereocenters. The van der Waals surface area contributed by atoms with E-state index in [9.17, 15) is 13.2 Å². The third kappa shape index (κ3) is 2.85. The molecular formula is C9H9BrF3NO. The van der Waals surface area contributed by atoms with E-state index in [1.807, 2.05) is 0 Å². The Balaban J connectivity index is 3.14. The summed E-state index contributed by atoms with van der Waals surface area (Å²) in [6.07, 6.45) is -4.47.